The number of hydrogen-bond donors (Lipinski definition) is 2. The summed E-state index contributed by atoms with van der Waals surface area (Å²) in [5.41, 5.74) is 0.529. The van der Waals surface area contributed by atoms with Crippen LogP contribution in [0.4, 0.5) is 0 Å². The summed E-state index contributed by atoms with van der Waals surface area (Å²) in [7, 11) is -3.53. The smallest absolute Gasteiger partial charge is 0.267 e. The predicted molar refractivity (Wildman–Crippen MR) is 65.0 cm³/mol. The van der Waals surface area contributed by atoms with Gasteiger partial charge in [0.25, 0.3) is 5.91 Å². The first-order chi connectivity index (χ1) is 7.94. The Hall–Kier alpha value is -1.34. The summed E-state index contributed by atoms with van der Waals surface area (Å²) in [5, 5.41) is 7.36. The van der Waals surface area contributed by atoms with Crippen LogP contribution >= 0.6 is 0 Å². The van der Waals surface area contributed by atoms with Gasteiger partial charge in [-0.1, -0.05) is 6.92 Å². The molecular weight excluding hydrogens is 242 g/mol. The van der Waals surface area contributed by atoms with E-state index in [1.165, 1.54) is 0 Å². The second-order valence-electron chi connectivity index (χ2n) is 3.71. The van der Waals surface area contributed by atoms with Gasteiger partial charge in [-0.05, 0) is 18.6 Å². The number of aryl methyl sites for hydroxylation is 1. The van der Waals surface area contributed by atoms with Gasteiger partial charge in [0.05, 0.1) is 5.75 Å². The van der Waals surface area contributed by atoms with Gasteiger partial charge in [0.1, 0.15) is 5.69 Å². The molecular formula is C10H17N3O3S. The van der Waals surface area contributed by atoms with E-state index in [-0.39, 0.29) is 18.2 Å². The van der Waals surface area contributed by atoms with Gasteiger partial charge in [-0.15, -0.1) is 0 Å². The van der Waals surface area contributed by atoms with Crippen LogP contribution in [0.15, 0.2) is 18.3 Å². The molecule has 1 aromatic heterocycles. The maximum atomic E-state index is 11.7. The van der Waals surface area contributed by atoms with Gasteiger partial charge in [0, 0.05) is 19.3 Å². The summed E-state index contributed by atoms with van der Waals surface area (Å²) in [6, 6.07) is 3.48. The average Bonchev–Trinajstić information content (AvgIpc) is 2.64. The molecule has 0 atom stereocenters. The number of amides is 1. The normalized spacial score (nSPS) is 11.4. The van der Waals surface area contributed by atoms with Gasteiger partial charge in [-0.25, -0.2) is 13.6 Å². The van der Waals surface area contributed by atoms with Crippen LogP contribution in [0, 0.1) is 0 Å². The Morgan fingerprint density at radius 3 is 2.82 bits per heavy atom. The number of rotatable bonds is 6. The van der Waals surface area contributed by atoms with E-state index in [9.17, 15) is 13.2 Å². The van der Waals surface area contributed by atoms with Crippen molar-refractivity contribution < 1.29 is 13.2 Å². The quantitative estimate of drug-likeness (QED) is 0.748. The second kappa shape index (κ2) is 5.83. The SMILES string of the molecule is CCCn1cccc1C(=O)NCCS(N)(=O)=O. The highest BCUT2D eigenvalue weighted by Gasteiger charge is 2.10. The van der Waals surface area contributed by atoms with Gasteiger partial charge >= 0.3 is 0 Å². The molecule has 1 amide bonds. The molecule has 0 aliphatic carbocycles. The van der Waals surface area contributed by atoms with E-state index in [0.717, 1.165) is 13.0 Å². The molecule has 0 saturated carbocycles. The zero-order chi connectivity index (χ0) is 12.9. The Morgan fingerprint density at radius 1 is 1.53 bits per heavy atom. The highest BCUT2D eigenvalue weighted by molar-refractivity contribution is 7.89. The third kappa shape index (κ3) is 4.58. The standard InChI is InChI=1S/C10H17N3O3S/c1-2-6-13-7-3-4-9(13)10(14)12-5-8-17(11,15)16/h3-4,7H,2,5-6,8H2,1H3,(H,12,14)(H2,11,15,16). The molecule has 1 heterocycles. The molecule has 0 radical (unpaired) electrons. The lowest BCUT2D eigenvalue weighted by atomic mass is 10.4. The number of carbonyl (C=O) groups is 1. The topological polar surface area (TPSA) is 94.2 Å². The van der Waals surface area contributed by atoms with Crippen LogP contribution in [0.3, 0.4) is 0 Å². The van der Waals surface area contributed by atoms with E-state index >= 15 is 0 Å². The summed E-state index contributed by atoms with van der Waals surface area (Å²) in [6.45, 7) is 2.79. The molecule has 0 spiro atoms. The number of nitrogens with one attached hydrogen (secondary N) is 1. The first-order valence-electron chi connectivity index (χ1n) is 5.38. The highest BCUT2D eigenvalue weighted by atomic mass is 32.2. The van der Waals surface area contributed by atoms with E-state index < -0.39 is 10.0 Å². The number of aromatic nitrogens is 1. The van der Waals surface area contributed by atoms with Crippen molar-refractivity contribution >= 4 is 15.9 Å². The number of primary sulfonamides is 1. The van der Waals surface area contributed by atoms with E-state index in [4.69, 9.17) is 5.14 Å². The third-order valence-electron chi connectivity index (χ3n) is 2.20. The van der Waals surface area contributed by atoms with Gasteiger partial charge in [-0.3, -0.25) is 4.79 Å². The maximum Gasteiger partial charge on any atom is 0.267 e. The molecule has 6 nitrogen and oxygen atoms in total. The molecule has 0 bridgehead atoms. The van der Waals surface area contributed by atoms with Crippen molar-refractivity contribution in [1.82, 2.24) is 9.88 Å². The Morgan fingerprint density at radius 2 is 2.24 bits per heavy atom. The Kier molecular flexibility index (Phi) is 4.71. The predicted octanol–water partition coefficient (Wildman–Crippen LogP) is -0.0836. The number of nitrogens with two attached hydrogens (primary N) is 1. The highest BCUT2D eigenvalue weighted by Crippen LogP contribution is 2.03. The molecule has 0 fully saturated rings. The third-order valence-corrected chi connectivity index (χ3v) is 2.97. The molecule has 0 aromatic carbocycles. The minimum atomic E-state index is -3.53. The van der Waals surface area contributed by atoms with Crippen LogP contribution in [0.5, 0.6) is 0 Å². The van der Waals surface area contributed by atoms with Crippen molar-refractivity contribution in [3.63, 3.8) is 0 Å². The van der Waals surface area contributed by atoms with Crippen molar-refractivity contribution in [2.75, 3.05) is 12.3 Å². The van der Waals surface area contributed by atoms with Gasteiger partial charge in [0.2, 0.25) is 10.0 Å². The Balaban J connectivity index is 2.55. The minimum Gasteiger partial charge on any atom is -0.350 e. The maximum absolute atomic E-state index is 11.7. The fourth-order valence-corrected chi connectivity index (χ4v) is 1.84. The van der Waals surface area contributed by atoms with E-state index in [0.29, 0.717) is 5.69 Å². The fraction of sp³-hybridized carbons (Fsp3) is 0.500. The largest absolute Gasteiger partial charge is 0.350 e. The lowest BCUT2D eigenvalue weighted by Crippen LogP contribution is -2.32. The molecule has 3 N–H and O–H groups in total. The van der Waals surface area contributed by atoms with Crippen molar-refractivity contribution in [2.24, 2.45) is 5.14 Å². The zero-order valence-electron chi connectivity index (χ0n) is 9.72. The van der Waals surface area contributed by atoms with Crippen LogP contribution in [0.25, 0.3) is 0 Å². The molecule has 1 aromatic rings. The van der Waals surface area contributed by atoms with Crippen LogP contribution in [0.1, 0.15) is 23.8 Å². The monoisotopic (exact) mass is 259 g/mol. The summed E-state index contributed by atoms with van der Waals surface area (Å²) < 4.78 is 23.2. The first-order valence-corrected chi connectivity index (χ1v) is 7.09. The molecule has 17 heavy (non-hydrogen) atoms. The van der Waals surface area contributed by atoms with Crippen LogP contribution in [-0.2, 0) is 16.6 Å². The van der Waals surface area contributed by atoms with Crippen LogP contribution < -0.4 is 10.5 Å². The lowest BCUT2D eigenvalue weighted by molar-refractivity contribution is 0.0947. The fourth-order valence-electron chi connectivity index (χ4n) is 1.45. The Bertz CT molecular complexity index is 479. The van der Waals surface area contributed by atoms with Gasteiger partial charge in [0.15, 0.2) is 0 Å². The van der Waals surface area contributed by atoms with E-state index in [1.807, 2.05) is 17.7 Å². The number of carbonyl (C=O) groups excluding carboxylic acids is 1. The van der Waals surface area contributed by atoms with Crippen molar-refractivity contribution in [2.45, 2.75) is 19.9 Å². The second-order valence-corrected chi connectivity index (χ2v) is 5.44. The van der Waals surface area contributed by atoms with E-state index in [1.54, 1.807) is 12.1 Å². The van der Waals surface area contributed by atoms with Crippen molar-refractivity contribution in [3.05, 3.63) is 24.0 Å². The van der Waals surface area contributed by atoms with Gasteiger partial charge in [-0.2, -0.15) is 0 Å². The van der Waals surface area contributed by atoms with Crippen molar-refractivity contribution in [1.29, 1.82) is 0 Å². The Labute approximate surface area is 101 Å². The molecule has 96 valence electrons. The van der Waals surface area contributed by atoms with Crippen LogP contribution in [0.2, 0.25) is 0 Å². The lowest BCUT2D eigenvalue weighted by Gasteiger charge is -2.08. The molecule has 7 heteroatoms. The van der Waals surface area contributed by atoms with Crippen molar-refractivity contribution in [3.8, 4) is 0 Å². The zero-order valence-corrected chi connectivity index (χ0v) is 10.5. The molecule has 0 aliphatic rings. The number of hydrogen-bond acceptors (Lipinski definition) is 3. The molecule has 0 unspecified atom stereocenters. The molecule has 0 saturated heterocycles. The summed E-state index contributed by atoms with van der Waals surface area (Å²) in [4.78, 5) is 11.7. The first kappa shape index (κ1) is 13.7. The summed E-state index contributed by atoms with van der Waals surface area (Å²) in [6.07, 6.45) is 2.74. The average molecular weight is 259 g/mol. The van der Waals surface area contributed by atoms with Crippen LogP contribution in [-0.4, -0.2) is 31.2 Å². The van der Waals surface area contributed by atoms with E-state index in [2.05, 4.69) is 5.32 Å². The summed E-state index contributed by atoms with van der Waals surface area (Å²) >= 11 is 0. The summed E-state index contributed by atoms with van der Waals surface area (Å²) in [5.74, 6) is -0.542. The molecule has 0 aliphatic heterocycles. The minimum absolute atomic E-state index is 0.0228. The molecule has 1 rings (SSSR count). The van der Waals surface area contributed by atoms with Gasteiger partial charge < -0.3 is 9.88 Å². The number of sulfonamides is 1. The number of nitrogens with zero attached hydrogens (tertiary/aromatic N) is 1.